The fourth-order valence-corrected chi connectivity index (χ4v) is 1.70. The third-order valence-corrected chi connectivity index (χ3v) is 2.76. The van der Waals surface area contributed by atoms with Crippen LogP contribution in [0.1, 0.15) is 24.8 Å². The van der Waals surface area contributed by atoms with Crippen LogP contribution in [0, 0.1) is 17.0 Å². The third-order valence-electron chi connectivity index (χ3n) is 2.76. The minimum absolute atomic E-state index is 0.166. The Balaban J connectivity index is 2.38. The van der Waals surface area contributed by atoms with Gasteiger partial charge in [0.25, 0.3) is 5.69 Å². The molecule has 0 aromatic heterocycles. The Morgan fingerprint density at radius 2 is 2.11 bits per heavy atom. The quantitative estimate of drug-likeness (QED) is 0.438. The number of nitro benzene ring substituents is 1. The molecule has 1 aromatic carbocycles. The van der Waals surface area contributed by atoms with Gasteiger partial charge in [0.2, 0.25) is 0 Å². The predicted molar refractivity (Wildman–Crippen MR) is 72.1 cm³/mol. The summed E-state index contributed by atoms with van der Waals surface area (Å²) in [7, 11) is 1.70. The lowest BCUT2D eigenvalue weighted by Gasteiger charge is -2.07. The molecule has 1 N–H and O–H groups in total. The number of nitrogens with one attached hydrogen (secondary N) is 1. The first-order valence-electron chi connectivity index (χ1n) is 6.13. The second-order valence-corrected chi connectivity index (χ2v) is 4.24. The van der Waals surface area contributed by atoms with Gasteiger partial charge in [0.1, 0.15) is 0 Å². The van der Waals surface area contributed by atoms with E-state index in [9.17, 15) is 10.1 Å². The van der Waals surface area contributed by atoms with Crippen molar-refractivity contribution in [1.82, 2.24) is 0 Å². The van der Waals surface area contributed by atoms with Crippen LogP contribution >= 0.6 is 0 Å². The van der Waals surface area contributed by atoms with Gasteiger partial charge in [-0.15, -0.1) is 0 Å². The van der Waals surface area contributed by atoms with Crippen molar-refractivity contribution in [2.75, 3.05) is 25.6 Å². The largest absolute Gasteiger partial charge is 0.385 e. The molecule has 0 aliphatic heterocycles. The molecule has 0 aliphatic rings. The molecule has 0 fully saturated rings. The lowest BCUT2D eigenvalue weighted by atomic mass is 10.2. The number of nitro groups is 1. The first kappa shape index (κ1) is 14.4. The minimum atomic E-state index is -0.348. The van der Waals surface area contributed by atoms with E-state index < -0.39 is 0 Å². The Morgan fingerprint density at radius 1 is 1.33 bits per heavy atom. The van der Waals surface area contributed by atoms with Crippen molar-refractivity contribution >= 4 is 11.4 Å². The van der Waals surface area contributed by atoms with Gasteiger partial charge in [0.15, 0.2) is 0 Å². The van der Waals surface area contributed by atoms with E-state index in [2.05, 4.69) is 5.32 Å². The Morgan fingerprint density at radius 3 is 2.78 bits per heavy atom. The molecule has 100 valence electrons. The average Bonchev–Trinajstić information content (AvgIpc) is 2.35. The van der Waals surface area contributed by atoms with Crippen LogP contribution in [-0.4, -0.2) is 25.2 Å². The smallest absolute Gasteiger partial charge is 0.274 e. The number of hydrogen-bond acceptors (Lipinski definition) is 4. The van der Waals surface area contributed by atoms with Gasteiger partial charge in [0.05, 0.1) is 4.92 Å². The van der Waals surface area contributed by atoms with Crippen molar-refractivity contribution in [3.05, 3.63) is 33.9 Å². The molecule has 18 heavy (non-hydrogen) atoms. The Hall–Kier alpha value is -1.62. The van der Waals surface area contributed by atoms with E-state index in [1.54, 1.807) is 26.2 Å². The standard InChI is InChI=1S/C13H20N2O3/c1-11-6-7-12(10-13(11)15(16)17)14-8-4-3-5-9-18-2/h6-7,10,14H,3-5,8-9H2,1-2H3. The molecule has 0 radical (unpaired) electrons. The summed E-state index contributed by atoms with van der Waals surface area (Å²) >= 11 is 0. The molecular weight excluding hydrogens is 232 g/mol. The molecular formula is C13H20N2O3. The summed E-state index contributed by atoms with van der Waals surface area (Å²) in [4.78, 5) is 10.4. The summed E-state index contributed by atoms with van der Waals surface area (Å²) in [6, 6.07) is 5.23. The summed E-state index contributed by atoms with van der Waals surface area (Å²) in [5.41, 5.74) is 1.66. The number of ether oxygens (including phenoxy) is 1. The first-order valence-corrected chi connectivity index (χ1v) is 6.13. The molecule has 5 nitrogen and oxygen atoms in total. The second kappa shape index (κ2) is 7.66. The number of nitrogens with zero attached hydrogens (tertiary/aromatic N) is 1. The van der Waals surface area contributed by atoms with Gasteiger partial charge in [-0.05, 0) is 32.3 Å². The van der Waals surface area contributed by atoms with E-state index in [4.69, 9.17) is 4.74 Å². The molecule has 0 unspecified atom stereocenters. The summed E-state index contributed by atoms with van der Waals surface area (Å²) < 4.78 is 4.97. The summed E-state index contributed by atoms with van der Waals surface area (Å²) in [6.45, 7) is 3.35. The van der Waals surface area contributed by atoms with Crippen molar-refractivity contribution < 1.29 is 9.66 Å². The maximum Gasteiger partial charge on any atom is 0.274 e. The van der Waals surface area contributed by atoms with Crippen LogP contribution in [0.25, 0.3) is 0 Å². The van der Waals surface area contributed by atoms with Gasteiger partial charge in [-0.25, -0.2) is 0 Å². The highest BCUT2D eigenvalue weighted by Gasteiger charge is 2.10. The van der Waals surface area contributed by atoms with Gasteiger partial charge < -0.3 is 10.1 Å². The van der Waals surface area contributed by atoms with Crippen molar-refractivity contribution in [3.63, 3.8) is 0 Å². The molecule has 0 bridgehead atoms. The molecule has 0 atom stereocenters. The van der Waals surface area contributed by atoms with Crippen LogP contribution in [0.3, 0.4) is 0 Å². The maximum atomic E-state index is 10.8. The molecule has 5 heteroatoms. The topological polar surface area (TPSA) is 64.4 Å². The second-order valence-electron chi connectivity index (χ2n) is 4.24. The van der Waals surface area contributed by atoms with E-state index in [-0.39, 0.29) is 10.6 Å². The molecule has 1 aromatic rings. The molecule has 0 spiro atoms. The molecule has 1 rings (SSSR count). The third kappa shape index (κ3) is 4.71. The van der Waals surface area contributed by atoms with Crippen LogP contribution in [-0.2, 0) is 4.74 Å². The van der Waals surface area contributed by atoms with Crippen LogP contribution in [0.4, 0.5) is 11.4 Å². The van der Waals surface area contributed by atoms with Crippen molar-refractivity contribution in [2.45, 2.75) is 26.2 Å². The van der Waals surface area contributed by atoms with Crippen molar-refractivity contribution in [1.29, 1.82) is 0 Å². The van der Waals surface area contributed by atoms with E-state index in [1.165, 1.54) is 0 Å². The molecule has 0 saturated heterocycles. The molecule has 0 amide bonds. The molecule has 0 saturated carbocycles. The number of aryl methyl sites for hydroxylation is 1. The van der Waals surface area contributed by atoms with Gasteiger partial charge >= 0.3 is 0 Å². The van der Waals surface area contributed by atoms with Crippen LogP contribution in [0.15, 0.2) is 18.2 Å². The number of anilines is 1. The zero-order valence-corrected chi connectivity index (χ0v) is 10.9. The summed E-state index contributed by atoms with van der Waals surface area (Å²) in [5, 5.41) is 14.0. The Kier molecular flexibility index (Phi) is 6.14. The highest BCUT2D eigenvalue weighted by atomic mass is 16.6. The van der Waals surface area contributed by atoms with Crippen molar-refractivity contribution in [3.8, 4) is 0 Å². The van der Waals surface area contributed by atoms with Gasteiger partial charge in [-0.1, -0.05) is 6.07 Å². The number of methoxy groups -OCH3 is 1. The fraction of sp³-hybridized carbons (Fsp3) is 0.538. The van der Waals surface area contributed by atoms with Crippen LogP contribution < -0.4 is 5.32 Å². The van der Waals surface area contributed by atoms with E-state index in [0.717, 1.165) is 38.1 Å². The number of benzene rings is 1. The summed E-state index contributed by atoms with van der Waals surface area (Å²) in [5.74, 6) is 0. The van der Waals surface area contributed by atoms with Gasteiger partial charge in [-0.2, -0.15) is 0 Å². The lowest BCUT2D eigenvalue weighted by Crippen LogP contribution is -2.03. The van der Waals surface area contributed by atoms with E-state index in [0.29, 0.717) is 5.56 Å². The number of rotatable bonds is 8. The molecule has 0 heterocycles. The average molecular weight is 252 g/mol. The minimum Gasteiger partial charge on any atom is -0.385 e. The summed E-state index contributed by atoms with van der Waals surface area (Å²) in [6.07, 6.45) is 3.17. The Bertz CT molecular complexity index is 394. The zero-order valence-electron chi connectivity index (χ0n) is 10.9. The van der Waals surface area contributed by atoms with Crippen molar-refractivity contribution in [2.24, 2.45) is 0 Å². The zero-order chi connectivity index (χ0) is 13.4. The van der Waals surface area contributed by atoms with Crippen LogP contribution in [0.2, 0.25) is 0 Å². The van der Waals surface area contributed by atoms with E-state index in [1.807, 2.05) is 6.07 Å². The predicted octanol–water partition coefficient (Wildman–Crippen LogP) is 3.13. The Labute approximate surface area is 107 Å². The highest BCUT2D eigenvalue weighted by molar-refractivity contribution is 5.54. The number of hydrogen-bond donors (Lipinski definition) is 1. The number of unbranched alkanes of at least 4 members (excludes halogenated alkanes) is 2. The van der Waals surface area contributed by atoms with Gasteiger partial charge in [-0.3, -0.25) is 10.1 Å². The SMILES string of the molecule is COCCCCCNc1ccc(C)c([N+](=O)[O-])c1. The molecule has 0 aliphatic carbocycles. The van der Waals surface area contributed by atoms with Gasteiger partial charge in [0, 0.05) is 37.6 Å². The van der Waals surface area contributed by atoms with E-state index >= 15 is 0 Å². The highest BCUT2D eigenvalue weighted by Crippen LogP contribution is 2.22. The first-order chi connectivity index (χ1) is 8.65. The van der Waals surface area contributed by atoms with Crippen LogP contribution in [0.5, 0.6) is 0 Å². The maximum absolute atomic E-state index is 10.8. The lowest BCUT2D eigenvalue weighted by molar-refractivity contribution is -0.385. The fourth-order valence-electron chi connectivity index (χ4n) is 1.70. The monoisotopic (exact) mass is 252 g/mol. The normalized spacial score (nSPS) is 10.3.